The van der Waals surface area contributed by atoms with Gasteiger partial charge in [-0.2, -0.15) is 0 Å². The number of aromatic nitrogens is 2. The lowest BCUT2D eigenvalue weighted by Gasteiger charge is -2.08. The smallest absolute Gasteiger partial charge is 0.339 e. The summed E-state index contributed by atoms with van der Waals surface area (Å²) in [5.41, 5.74) is 3.02. The van der Waals surface area contributed by atoms with Crippen molar-refractivity contribution in [2.24, 2.45) is 0 Å². The van der Waals surface area contributed by atoms with Gasteiger partial charge in [0.2, 0.25) is 0 Å². The van der Waals surface area contributed by atoms with Gasteiger partial charge in [0.25, 0.3) is 0 Å². The van der Waals surface area contributed by atoms with Gasteiger partial charge in [-0.1, -0.05) is 60.7 Å². The van der Waals surface area contributed by atoms with Crippen LogP contribution in [0.15, 0.2) is 89.6 Å². The highest BCUT2D eigenvalue weighted by Crippen LogP contribution is 2.32. The second kappa shape index (κ2) is 24.6. The fourth-order valence-electron chi connectivity index (χ4n) is 4.51. The number of esters is 2. The van der Waals surface area contributed by atoms with Crippen LogP contribution in [0.25, 0.3) is 22.6 Å². The van der Waals surface area contributed by atoms with Crippen LogP contribution in [0.5, 0.6) is 0 Å². The third-order valence-corrected chi connectivity index (χ3v) is 7.01. The van der Waals surface area contributed by atoms with Gasteiger partial charge < -0.3 is 42.3 Å². The summed E-state index contributed by atoms with van der Waals surface area (Å²) in [6, 6.07) is 22.9. The van der Waals surface area contributed by atoms with E-state index in [1.807, 2.05) is 60.7 Å². The molecule has 2 aromatic carbocycles. The van der Waals surface area contributed by atoms with Crippen molar-refractivity contribution in [2.75, 3.05) is 92.5 Å². The Kier molecular flexibility index (Phi) is 19.0. The first-order chi connectivity index (χ1) is 25.2. The SMILES string of the molecule is O=C(CCc1nc(-c2ccccc2)c(-c2ccccc2)o1)OCCOCCOCCOCCOCCOCCOCCOC(=O)c1cccnc1. The molecular formula is C38H46N2O11. The van der Waals surface area contributed by atoms with Gasteiger partial charge in [0.15, 0.2) is 11.7 Å². The number of nitrogens with zero attached hydrogens (tertiary/aromatic N) is 2. The fourth-order valence-corrected chi connectivity index (χ4v) is 4.51. The minimum atomic E-state index is -0.427. The van der Waals surface area contributed by atoms with Crippen molar-refractivity contribution >= 4 is 11.9 Å². The van der Waals surface area contributed by atoms with E-state index in [4.69, 9.17) is 42.3 Å². The molecule has 0 radical (unpaired) electrons. The molecule has 0 aliphatic rings. The van der Waals surface area contributed by atoms with Crippen molar-refractivity contribution < 1.29 is 51.9 Å². The van der Waals surface area contributed by atoms with Gasteiger partial charge in [-0.15, -0.1) is 0 Å². The molecule has 0 amide bonds. The highest BCUT2D eigenvalue weighted by Gasteiger charge is 2.17. The molecule has 13 heteroatoms. The molecular weight excluding hydrogens is 660 g/mol. The first-order valence-electron chi connectivity index (χ1n) is 17.0. The standard InChI is InChI=1S/C38H46N2O11/c41-35(14-13-34-40-36(31-8-3-1-4-9-31)37(51-34)32-10-5-2-6-11-32)49-28-26-47-24-22-45-20-18-43-16-17-44-19-21-46-23-25-48-27-29-50-38(42)33-12-7-15-39-30-33/h1-12,15,30H,13-14,16-29H2. The molecule has 13 nitrogen and oxygen atoms in total. The number of oxazole rings is 1. The Morgan fingerprint density at radius 2 is 1.04 bits per heavy atom. The maximum Gasteiger partial charge on any atom is 0.339 e. The second-order valence-electron chi connectivity index (χ2n) is 10.8. The van der Waals surface area contributed by atoms with E-state index in [1.54, 1.807) is 18.3 Å². The maximum absolute atomic E-state index is 12.3. The van der Waals surface area contributed by atoms with Gasteiger partial charge in [0.1, 0.15) is 18.9 Å². The molecule has 0 aliphatic heterocycles. The van der Waals surface area contributed by atoms with Crippen molar-refractivity contribution in [3.8, 4) is 22.6 Å². The summed E-state index contributed by atoms with van der Waals surface area (Å²) in [5, 5.41) is 0. The largest absolute Gasteiger partial charge is 0.463 e. The van der Waals surface area contributed by atoms with Crippen molar-refractivity contribution in [1.82, 2.24) is 9.97 Å². The van der Waals surface area contributed by atoms with E-state index in [0.29, 0.717) is 89.7 Å². The van der Waals surface area contributed by atoms with Gasteiger partial charge in [-0.25, -0.2) is 9.78 Å². The van der Waals surface area contributed by atoms with Crippen LogP contribution >= 0.6 is 0 Å². The summed E-state index contributed by atoms with van der Waals surface area (Å²) < 4.78 is 49.2. The summed E-state index contributed by atoms with van der Waals surface area (Å²) in [4.78, 5) is 32.6. The molecule has 0 saturated carbocycles. The Hall–Kier alpha value is -4.50. The van der Waals surface area contributed by atoms with E-state index < -0.39 is 5.97 Å². The number of benzene rings is 2. The van der Waals surface area contributed by atoms with Gasteiger partial charge in [-0.05, 0) is 12.1 Å². The van der Waals surface area contributed by atoms with E-state index in [0.717, 1.165) is 16.8 Å². The predicted molar refractivity (Wildman–Crippen MR) is 186 cm³/mol. The number of carbonyl (C=O) groups is 2. The Bertz CT molecular complexity index is 1450. The molecule has 2 heterocycles. The Morgan fingerprint density at radius 1 is 0.549 bits per heavy atom. The second-order valence-corrected chi connectivity index (χ2v) is 10.8. The van der Waals surface area contributed by atoms with Gasteiger partial charge in [-0.3, -0.25) is 9.78 Å². The summed E-state index contributed by atoms with van der Waals surface area (Å²) in [6.45, 7) is 5.14. The quantitative estimate of drug-likeness (QED) is 0.0616. The number of carbonyl (C=O) groups excluding carboxylic acids is 2. The number of rotatable bonds is 27. The van der Waals surface area contributed by atoms with E-state index in [-0.39, 0.29) is 38.8 Å². The molecule has 0 aliphatic carbocycles. The number of aryl methyl sites for hydroxylation is 1. The van der Waals surface area contributed by atoms with Crippen LogP contribution in [-0.4, -0.2) is 114 Å². The lowest BCUT2D eigenvalue weighted by Crippen LogP contribution is -2.15. The average molecular weight is 707 g/mol. The highest BCUT2D eigenvalue weighted by atomic mass is 16.6. The molecule has 0 unspecified atom stereocenters. The van der Waals surface area contributed by atoms with Gasteiger partial charge in [0.05, 0.1) is 91.3 Å². The van der Waals surface area contributed by atoms with Crippen molar-refractivity contribution in [1.29, 1.82) is 0 Å². The van der Waals surface area contributed by atoms with Crippen LogP contribution < -0.4 is 0 Å². The number of ether oxygens (including phenoxy) is 8. The van der Waals surface area contributed by atoms with Crippen molar-refractivity contribution in [3.63, 3.8) is 0 Å². The van der Waals surface area contributed by atoms with Crippen LogP contribution in [0.4, 0.5) is 0 Å². The number of hydrogen-bond donors (Lipinski definition) is 0. The average Bonchev–Trinajstić information content (AvgIpc) is 3.61. The highest BCUT2D eigenvalue weighted by molar-refractivity contribution is 5.88. The van der Waals surface area contributed by atoms with Crippen LogP contribution in [0, 0.1) is 0 Å². The third kappa shape index (κ3) is 15.9. The molecule has 0 atom stereocenters. The topological polar surface area (TPSA) is 147 Å². The number of pyridine rings is 1. The monoisotopic (exact) mass is 706 g/mol. The predicted octanol–water partition coefficient (Wildman–Crippen LogP) is 4.84. The molecule has 4 rings (SSSR count). The molecule has 2 aromatic heterocycles. The molecule has 0 bridgehead atoms. The zero-order chi connectivity index (χ0) is 35.6. The molecule has 4 aromatic rings. The lowest BCUT2D eigenvalue weighted by molar-refractivity contribution is -0.145. The molecule has 0 fully saturated rings. The molecule has 274 valence electrons. The van der Waals surface area contributed by atoms with Crippen LogP contribution in [0.1, 0.15) is 22.7 Å². The Morgan fingerprint density at radius 3 is 1.55 bits per heavy atom. The number of hydrogen-bond acceptors (Lipinski definition) is 13. The van der Waals surface area contributed by atoms with E-state index in [9.17, 15) is 9.59 Å². The summed E-state index contributed by atoms with van der Waals surface area (Å²) in [5.74, 6) is 0.390. The van der Waals surface area contributed by atoms with Gasteiger partial charge in [0, 0.05) is 29.9 Å². The lowest BCUT2D eigenvalue weighted by atomic mass is 10.1. The zero-order valence-corrected chi connectivity index (χ0v) is 28.8. The normalized spacial score (nSPS) is 11.1. The third-order valence-electron chi connectivity index (χ3n) is 7.01. The zero-order valence-electron chi connectivity index (χ0n) is 28.8. The van der Waals surface area contributed by atoms with E-state index in [2.05, 4.69) is 9.97 Å². The van der Waals surface area contributed by atoms with Crippen molar-refractivity contribution in [3.05, 3.63) is 96.6 Å². The Labute approximate surface area is 298 Å². The summed E-state index contributed by atoms with van der Waals surface area (Å²) in [6.07, 6.45) is 3.53. The Balaban J connectivity index is 0.892. The van der Waals surface area contributed by atoms with Crippen molar-refractivity contribution in [2.45, 2.75) is 12.8 Å². The molecule has 51 heavy (non-hydrogen) atoms. The summed E-state index contributed by atoms with van der Waals surface area (Å²) >= 11 is 0. The minimum absolute atomic E-state index is 0.150. The first-order valence-corrected chi connectivity index (χ1v) is 17.0. The summed E-state index contributed by atoms with van der Waals surface area (Å²) in [7, 11) is 0. The maximum atomic E-state index is 12.3. The van der Waals surface area contributed by atoms with E-state index >= 15 is 0 Å². The molecule has 0 spiro atoms. The van der Waals surface area contributed by atoms with E-state index in [1.165, 1.54) is 6.20 Å². The van der Waals surface area contributed by atoms with Crippen LogP contribution in [0.2, 0.25) is 0 Å². The van der Waals surface area contributed by atoms with Crippen LogP contribution in [0.3, 0.4) is 0 Å². The fraction of sp³-hybridized carbons (Fsp3) is 0.421. The molecule has 0 N–H and O–H groups in total. The molecule has 0 saturated heterocycles. The van der Waals surface area contributed by atoms with Gasteiger partial charge >= 0.3 is 11.9 Å². The minimum Gasteiger partial charge on any atom is -0.463 e. The van der Waals surface area contributed by atoms with Crippen LogP contribution in [-0.2, 0) is 49.1 Å². The first kappa shape index (κ1) is 39.3.